The minimum Gasteiger partial charge on any atom is -0.312 e. The van der Waals surface area contributed by atoms with Crippen LogP contribution in [0.25, 0.3) is 0 Å². The first-order chi connectivity index (χ1) is 6.16. The van der Waals surface area contributed by atoms with Crippen molar-refractivity contribution in [1.29, 1.82) is 0 Å². The third-order valence-electron chi connectivity index (χ3n) is 2.95. The Kier molecular flexibility index (Phi) is 3.73. The normalized spacial score (nSPS) is 25.5. The van der Waals surface area contributed by atoms with Gasteiger partial charge in [0.2, 0.25) is 0 Å². The van der Waals surface area contributed by atoms with Crippen LogP contribution in [0.2, 0.25) is 0 Å². The lowest BCUT2D eigenvalue weighted by molar-refractivity contribution is 0.656. The van der Waals surface area contributed by atoms with E-state index < -0.39 is 0 Å². The number of nitrogens with one attached hydrogen (secondary N) is 1. The van der Waals surface area contributed by atoms with Crippen molar-refractivity contribution < 1.29 is 0 Å². The van der Waals surface area contributed by atoms with Crippen LogP contribution in [-0.2, 0) is 0 Å². The molecule has 1 N–H and O–H groups in total. The maximum absolute atomic E-state index is 3.44. The van der Waals surface area contributed by atoms with Crippen molar-refractivity contribution in [2.75, 3.05) is 13.1 Å². The Morgan fingerprint density at radius 1 is 1.46 bits per heavy atom. The van der Waals surface area contributed by atoms with Gasteiger partial charge in [0, 0.05) is 6.54 Å². The van der Waals surface area contributed by atoms with Crippen molar-refractivity contribution in [2.45, 2.75) is 34.1 Å². The SMILES string of the molecule is C/C=C1\CCNC\C1=C(\C)C(C)C. The van der Waals surface area contributed by atoms with Crippen LogP contribution in [0.15, 0.2) is 22.8 Å². The standard InChI is InChI=1S/C12H21N/c1-5-11-6-7-13-8-12(11)10(4)9(2)3/h5,9,13H,6-8H2,1-4H3/b11-5+,12-10+. The topological polar surface area (TPSA) is 12.0 Å². The molecule has 0 spiro atoms. The third kappa shape index (κ3) is 2.44. The highest BCUT2D eigenvalue weighted by molar-refractivity contribution is 5.38. The highest BCUT2D eigenvalue weighted by Gasteiger charge is 2.13. The molecule has 0 aliphatic carbocycles. The highest BCUT2D eigenvalue weighted by atomic mass is 14.9. The van der Waals surface area contributed by atoms with Gasteiger partial charge in [-0.1, -0.05) is 25.5 Å². The van der Waals surface area contributed by atoms with Gasteiger partial charge in [-0.15, -0.1) is 0 Å². The van der Waals surface area contributed by atoms with E-state index in [4.69, 9.17) is 0 Å². The summed E-state index contributed by atoms with van der Waals surface area (Å²) >= 11 is 0. The van der Waals surface area contributed by atoms with Gasteiger partial charge < -0.3 is 5.32 Å². The number of hydrogen-bond donors (Lipinski definition) is 1. The summed E-state index contributed by atoms with van der Waals surface area (Å²) in [6, 6.07) is 0. The molecule has 0 saturated carbocycles. The summed E-state index contributed by atoms with van der Waals surface area (Å²) in [6.45, 7) is 11.1. The van der Waals surface area contributed by atoms with Gasteiger partial charge in [0.25, 0.3) is 0 Å². The molecule has 1 heterocycles. The summed E-state index contributed by atoms with van der Waals surface area (Å²) in [6.07, 6.45) is 3.46. The highest BCUT2D eigenvalue weighted by Crippen LogP contribution is 2.24. The third-order valence-corrected chi connectivity index (χ3v) is 2.95. The molecule has 1 fully saturated rings. The summed E-state index contributed by atoms with van der Waals surface area (Å²) in [7, 11) is 0. The molecule has 1 nitrogen and oxygen atoms in total. The first-order valence-corrected chi connectivity index (χ1v) is 5.22. The average Bonchev–Trinajstić information content (AvgIpc) is 2.16. The zero-order chi connectivity index (χ0) is 9.84. The van der Waals surface area contributed by atoms with Crippen molar-refractivity contribution in [3.8, 4) is 0 Å². The Balaban J connectivity index is 2.92. The minimum absolute atomic E-state index is 0.671. The first-order valence-electron chi connectivity index (χ1n) is 5.22. The van der Waals surface area contributed by atoms with E-state index in [0.29, 0.717) is 5.92 Å². The number of allylic oxidation sites excluding steroid dienone is 2. The smallest absolute Gasteiger partial charge is 0.0207 e. The maximum Gasteiger partial charge on any atom is 0.0207 e. The molecule has 1 rings (SSSR count). The Labute approximate surface area is 81.9 Å². The van der Waals surface area contributed by atoms with Crippen LogP contribution in [0.5, 0.6) is 0 Å². The molecule has 0 radical (unpaired) electrons. The fourth-order valence-electron chi connectivity index (χ4n) is 1.76. The van der Waals surface area contributed by atoms with Gasteiger partial charge in [0.15, 0.2) is 0 Å². The largest absolute Gasteiger partial charge is 0.312 e. The monoisotopic (exact) mass is 179 g/mol. The lowest BCUT2D eigenvalue weighted by Gasteiger charge is -2.23. The maximum atomic E-state index is 3.44. The molecule has 1 saturated heterocycles. The van der Waals surface area contributed by atoms with Gasteiger partial charge in [-0.05, 0) is 43.9 Å². The van der Waals surface area contributed by atoms with E-state index in [9.17, 15) is 0 Å². The predicted octanol–water partition coefficient (Wildman–Crippen LogP) is 2.90. The van der Waals surface area contributed by atoms with Gasteiger partial charge in [-0.25, -0.2) is 0 Å². The molecule has 0 aromatic rings. The fraction of sp³-hybridized carbons (Fsp3) is 0.667. The van der Waals surface area contributed by atoms with Crippen LogP contribution in [0.4, 0.5) is 0 Å². The van der Waals surface area contributed by atoms with E-state index in [-0.39, 0.29) is 0 Å². The molecule has 1 heteroatoms. The molecule has 1 aliphatic rings. The van der Waals surface area contributed by atoms with Gasteiger partial charge >= 0.3 is 0 Å². The number of rotatable bonds is 1. The van der Waals surface area contributed by atoms with Gasteiger partial charge in [-0.2, -0.15) is 0 Å². The molecule has 13 heavy (non-hydrogen) atoms. The Hall–Kier alpha value is -0.560. The number of hydrogen-bond acceptors (Lipinski definition) is 1. The second-order valence-electron chi connectivity index (χ2n) is 4.06. The van der Waals surface area contributed by atoms with E-state index in [1.54, 1.807) is 16.7 Å². The molecule has 74 valence electrons. The molecule has 0 amide bonds. The van der Waals surface area contributed by atoms with Crippen LogP contribution < -0.4 is 5.32 Å². The second kappa shape index (κ2) is 4.61. The van der Waals surface area contributed by atoms with Gasteiger partial charge in [0.05, 0.1) is 0 Å². The van der Waals surface area contributed by atoms with Crippen molar-refractivity contribution >= 4 is 0 Å². The Morgan fingerprint density at radius 2 is 2.15 bits per heavy atom. The summed E-state index contributed by atoms with van der Waals surface area (Å²) in [5.74, 6) is 0.671. The molecule has 0 bridgehead atoms. The van der Waals surface area contributed by atoms with Crippen LogP contribution >= 0.6 is 0 Å². The lowest BCUT2D eigenvalue weighted by atomic mass is 9.90. The zero-order valence-electron chi connectivity index (χ0n) is 9.28. The predicted molar refractivity (Wildman–Crippen MR) is 58.8 cm³/mol. The van der Waals surface area contributed by atoms with Gasteiger partial charge in [-0.3, -0.25) is 0 Å². The molecule has 0 unspecified atom stereocenters. The van der Waals surface area contributed by atoms with Crippen LogP contribution in [-0.4, -0.2) is 13.1 Å². The fourth-order valence-corrected chi connectivity index (χ4v) is 1.76. The lowest BCUT2D eigenvalue weighted by Crippen LogP contribution is -2.27. The summed E-state index contributed by atoms with van der Waals surface area (Å²) in [4.78, 5) is 0. The van der Waals surface area contributed by atoms with Crippen molar-refractivity contribution in [3.05, 3.63) is 22.8 Å². The van der Waals surface area contributed by atoms with Crippen LogP contribution in [0.3, 0.4) is 0 Å². The second-order valence-corrected chi connectivity index (χ2v) is 4.06. The Morgan fingerprint density at radius 3 is 2.69 bits per heavy atom. The van der Waals surface area contributed by atoms with Crippen molar-refractivity contribution in [3.63, 3.8) is 0 Å². The molecule has 0 aromatic carbocycles. The number of piperidine rings is 1. The molecular formula is C12H21N. The molecule has 1 aliphatic heterocycles. The Bertz CT molecular complexity index is 234. The van der Waals surface area contributed by atoms with Crippen molar-refractivity contribution in [2.24, 2.45) is 5.92 Å². The quantitative estimate of drug-likeness (QED) is 0.652. The molecule has 0 aromatic heterocycles. The van der Waals surface area contributed by atoms with E-state index in [0.717, 1.165) is 13.1 Å². The van der Waals surface area contributed by atoms with E-state index in [2.05, 4.69) is 39.1 Å². The molecule has 0 atom stereocenters. The average molecular weight is 179 g/mol. The van der Waals surface area contributed by atoms with Crippen molar-refractivity contribution in [1.82, 2.24) is 5.32 Å². The van der Waals surface area contributed by atoms with Crippen LogP contribution in [0, 0.1) is 5.92 Å². The van der Waals surface area contributed by atoms with E-state index in [1.165, 1.54) is 6.42 Å². The van der Waals surface area contributed by atoms with E-state index in [1.807, 2.05) is 0 Å². The summed E-state index contributed by atoms with van der Waals surface area (Å²) in [5.41, 5.74) is 4.63. The molecular weight excluding hydrogens is 158 g/mol. The van der Waals surface area contributed by atoms with Crippen LogP contribution in [0.1, 0.15) is 34.1 Å². The zero-order valence-corrected chi connectivity index (χ0v) is 9.28. The van der Waals surface area contributed by atoms with E-state index >= 15 is 0 Å². The minimum atomic E-state index is 0.671. The van der Waals surface area contributed by atoms with Gasteiger partial charge in [0.1, 0.15) is 0 Å². The summed E-state index contributed by atoms with van der Waals surface area (Å²) in [5, 5.41) is 3.44. The first kappa shape index (κ1) is 10.5. The summed E-state index contributed by atoms with van der Waals surface area (Å²) < 4.78 is 0.